The Morgan fingerprint density at radius 1 is 1.14 bits per heavy atom. The Balaban J connectivity index is 2.13. The fraction of sp³-hybridized carbons (Fsp3) is 0.400. The normalized spacial score (nSPS) is 10.6. The number of aromatic nitrogens is 2. The van der Waals surface area contributed by atoms with Gasteiger partial charge in [0.1, 0.15) is 5.82 Å². The van der Waals surface area contributed by atoms with E-state index in [-0.39, 0.29) is 5.82 Å². The van der Waals surface area contributed by atoms with Gasteiger partial charge in [0, 0.05) is 46.6 Å². The molecule has 0 aliphatic rings. The molecule has 0 saturated carbocycles. The Morgan fingerprint density at radius 3 is 2.43 bits per heavy atom. The number of hydrogen-bond donors (Lipinski definition) is 1. The van der Waals surface area contributed by atoms with Crippen molar-refractivity contribution >= 4 is 17.3 Å². The molecular weight excluding hydrogens is 269 g/mol. The molecule has 5 nitrogen and oxygen atoms in total. The first-order valence-electron chi connectivity index (χ1n) is 6.78. The standard InChI is InChI=1S/C15H22FN5/c1-19(2)13-7-11(16)6-12(8-13)17-9-14-10-18-15(20(3)4)21(14)5/h6-8,10,17H,9H2,1-5H3. The van der Waals surface area contributed by atoms with Gasteiger partial charge in [0.15, 0.2) is 0 Å². The van der Waals surface area contributed by atoms with Crippen LogP contribution in [-0.4, -0.2) is 37.7 Å². The van der Waals surface area contributed by atoms with Crippen molar-refractivity contribution in [3.63, 3.8) is 0 Å². The smallest absolute Gasteiger partial charge is 0.204 e. The summed E-state index contributed by atoms with van der Waals surface area (Å²) in [6.45, 7) is 0.591. The number of imidazole rings is 1. The van der Waals surface area contributed by atoms with Crippen molar-refractivity contribution in [1.82, 2.24) is 9.55 Å². The summed E-state index contributed by atoms with van der Waals surface area (Å²) in [5.74, 6) is 0.641. The predicted octanol–water partition coefficient (Wildman–Crippen LogP) is 2.30. The highest BCUT2D eigenvalue weighted by molar-refractivity contribution is 5.58. The van der Waals surface area contributed by atoms with E-state index in [2.05, 4.69) is 10.3 Å². The molecule has 0 unspecified atom stereocenters. The highest BCUT2D eigenvalue weighted by atomic mass is 19.1. The molecule has 6 heteroatoms. The molecular formula is C15H22FN5. The van der Waals surface area contributed by atoms with Crippen molar-refractivity contribution in [3.05, 3.63) is 35.9 Å². The minimum Gasteiger partial charge on any atom is -0.379 e. The number of nitrogens with zero attached hydrogens (tertiary/aromatic N) is 4. The third-order valence-electron chi connectivity index (χ3n) is 3.33. The lowest BCUT2D eigenvalue weighted by Gasteiger charge is -2.16. The molecule has 0 radical (unpaired) electrons. The summed E-state index contributed by atoms with van der Waals surface area (Å²) in [4.78, 5) is 8.19. The third kappa shape index (κ3) is 3.45. The van der Waals surface area contributed by atoms with Gasteiger partial charge in [-0.25, -0.2) is 9.37 Å². The fourth-order valence-electron chi connectivity index (χ4n) is 2.14. The largest absolute Gasteiger partial charge is 0.379 e. The molecule has 0 aliphatic carbocycles. The molecule has 2 aromatic rings. The maximum absolute atomic E-state index is 13.6. The third-order valence-corrected chi connectivity index (χ3v) is 3.33. The summed E-state index contributed by atoms with van der Waals surface area (Å²) in [5.41, 5.74) is 2.62. The van der Waals surface area contributed by atoms with Crippen LogP contribution in [0.1, 0.15) is 5.69 Å². The second kappa shape index (κ2) is 6.03. The highest BCUT2D eigenvalue weighted by Gasteiger charge is 2.08. The Kier molecular flexibility index (Phi) is 4.35. The molecule has 2 rings (SSSR count). The van der Waals surface area contributed by atoms with E-state index in [1.165, 1.54) is 12.1 Å². The number of anilines is 3. The van der Waals surface area contributed by atoms with Crippen LogP contribution in [0.4, 0.5) is 21.7 Å². The molecule has 1 aromatic carbocycles. The lowest BCUT2D eigenvalue weighted by atomic mass is 10.2. The maximum atomic E-state index is 13.6. The Bertz CT molecular complexity index is 619. The molecule has 0 bridgehead atoms. The van der Waals surface area contributed by atoms with E-state index < -0.39 is 0 Å². The summed E-state index contributed by atoms with van der Waals surface area (Å²) in [7, 11) is 9.66. The van der Waals surface area contributed by atoms with Gasteiger partial charge in [-0.1, -0.05) is 0 Å². The van der Waals surface area contributed by atoms with E-state index in [0.717, 1.165) is 23.0 Å². The quantitative estimate of drug-likeness (QED) is 0.917. The van der Waals surface area contributed by atoms with Crippen LogP contribution in [0.2, 0.25) is 0 Å². The van der Waals surface area contributed by atoms with Crippen molar-refractivity contribution in [2.45, 2.75) is 6.54 Å². The fourth-order valence-corrected chi connectivity index (χ4v) is 2.14. The number of hydrogen-bond acceptors (Lipinski definition) is 4. The van der Waals surface area contributed by atoms with Gasteiger partial charge in [0.2, 0.25) is 5.95 Å². The van der Waals surface area contributed by atoms with Crippen LogP contribution in [0, 0.1) is 5.82 Å². The topological polar surface area (TPSA) is 36.3 Å². The van der Waals surface area contributed by atoms with E-state index in [1.54, 1.807) is 0 Å². The van der Waals surface area contributed by atoms with Crippen LogP contribution in [0.5, 0.6) is 0 Å². The Morgan fingerprint density at radius 2 is 1.86 bits per heavy atom. The van der Waals surface area contributed by atoms with E-state index >= 15 is 0 Å². The van der Waals surface area contributed by atoms with Crippen LogP contribution >= 0.6 is 0 Å². The minimum absolute atomic E-state index is 0.248. The zero-order valence-electron chi connectivity index (χ0n) is 13.2. The Labute approximate surface area is 125 Å². The molecule has 0 spiro atoms. The number of benzene rings is 1. The van der Waals surface area contributed by atoms with Crippen LogP contribution in [0.25, 0.3) is 0 Å². The molecule has 0 amide bonds. The average Bonchev–Trinajstić information content (AvgIpc) is 2.77. The van der Waals surface area contributed by atoms with E-state index in [4.69, 9.17) is 0 Å². The van der Waals surface area contributed by atoms with E-state index in [0.29, 0.717) is 6.54 Å². The summed E-state index contributed by atoms with van der Waals surface area (Å²) in [6, 6.07) is 4.93. The first-order valence-corrected chi connectivity index (χ1v) is 6.78. The van der Waals surface area contributed by atoms with Gasteiger partial charge in [0.25, 0.3) is 0 Å². The van der Waals surface area contributed by atoms with Gasteiger partial charge >= 0.3 is 0 Å². The highest BCUT2D eigenvalue weighted by Crippen LogP contribution is 2.21. The van der Waals surface area contributed by atoms with Crippen LogP contribution in [0.3, 0.4) is 0 Å². The molecule has 21 heavy (non-hydrogen) atoms. The molecule has 0 saturated heterocycles. The molecule has 0 atom stereocenters. The van der Waals surface area contributed by atoms with Crippen molar-refractivity contribution in [1.29, 1.82) is 0 Å². The molecule has 1 aromatic heterocycles. The summed E-state index contributed by atoms with van der Waals surface area (Å²) >= 11 is 0. The lowest BCUT2D eigenvalue weighted by molar-refractivity contribution is 0.628. The summed E-state index contributed by atoms with van der Waals surface area (Å²) < 4.78 is 15.6. The van der Waals surface area contributed by atoms with Gasteiger partial charge in [0.05, 0.1) is 18.4 Å². The SMILES string of the molecule is CN(C)c1cc(F)cc(NCc2cnc(N(C)C)n2C)c1. The lowest BCUT2D eigenvalue weighted by Crippen LogP contribution is -2.15. The van der Waals surface area contributed by atoms with Gasteiger partial charge < -0.3 is 19.7 Å². The zero-order valence-corrected chi connectivity index (χ0v) is 13.2. The zero-order chi connectivity index (χ0) is 15.6. The van der Waals surface area contributed by atoms with Crippen molar-refractivity contribution < 1.29 is 4.39 Å². The maximum Gasteiger partial charge on any atom is 0.204 e. The second-order valence-electron chi connectivity index (χ2n) is 5.45. The first-order chi connectivity index (χ1) is 9.88. The monoisotopic (exact) mass is 291 g/mol. The van der Waals surface area contributed by atoms with Crippen molar-refractivity contribution in [3.8, 4) is 0 Å². The van der Waals surface area contributed by atoms with Gasteiger partial charge in [-0.15, -0.1) is 0 Å². The molecule has 1 heterocycles. The second-order valence-corrected chi connectivity index (χ2v) is 5.45. The number of halogens is 1. The molecule has 0 aliphatic heterocycles. The minimum atomic E-state index is -0.248. The first kappa shape index (κ1) is 15.2. The number of nitrogens with one attached hydrogen (secondary N) is 1. The van der Waals surface area contributed by atoms with Crippen LogP contribution < -0.4 is 15.1 Å². The Hall–Kier alpha value is -2.24. The number of rotatable bonds is 5. The van der Waals surface area contributed by atoms with Crippen LogP contribution in [-0.2, 0) is 13.6 Å². The summed E-state index contributed by atoms with van der Waals surface area (Å²) in [5, 5.41) is 3.24. The summed E-state index contributed by atoms with van der Waals surface area (Å²) in [6.07, 6.45) is 1.83. The molecule has 1 N–H and O–H groups in total. The van der Waals surface area contributed by atoms with E-state index in [9.17, 15) is 4.39 Å². The van der Waals surface area contributed by atoms with Gasteiger partial charge in [-0.05, 0) is 18.2 Å². The van der Waals surface area contributed by atoms with Crippen LogP contribution in [0.15, 0.2) is 24.4 Å². The van der Waals surface area contributed by atoms with Crippen molar-refractivity contribution in [2.75, 3.05) is 43.3 Å². The van der Waals surface area contributed by atoms with Gasteiger partial charge in [-0.3, -0.25) is 0 Å². The molecule has 114 valence electrons. The molecule has 0 fully saturated rings. The average molecular weight is 291 g/mol. The predicted molar refractivity (Wildman–Crippen MR) is 85.6 cm³/mol. The van der Waals surface area contributed by atoms with Crippen molar-refractivity contribution in [2.24, 2.45) is 7.05 Å². The van der Waals surface area contributed by atoms with Gasteiger partial charge in [-0.2, -0.15) is 0 Å². The van der Waals surface area contributed by atoms with E-state index in [1.807, 2.05) is 61.9 Å².